The van der Waals surface area contributed by atoms with E-state index in [4.69, 9.17) is 9.47 Å². The second-order valence-corrected chi connectivity index (χ2v) is 7.27. The highest BCUT2D eigenvalue weighted by molar-refractivity contribution is 5.85. The van der Waals surface area contributed by atoms with Crippen molar-refractivity contribution in [3.05, 3.63) is 35.9 Å². The van der Waals surface area contributed by atoms with Gasteiger partial charge in [0.25, 0.3) is 0 Å². The van der Waals surface area contributed by atoms with Crippen LogP contribution in [0.2, 0.25) is 0 Å². The summed E-state index contributed by atoms with van der Waals surface area (Å²) >= 11 is 0. The van der Waals surface area contributed by atoms with E-state index >= 15 is 0 Å². The maximum absolute atomic E-state index is 12.5. The first-order valence-electron chi connectivity index (χ1n) is 8.39. The van der Waals surface area contributed by atoms with E-state index in [1.54, 1.807) is 0 Å². The summed E-state index contributed by atoms with van der Waals surface area (Å²) in [7, 11) is 0. The number of rotatable bonds is 5. The zero-order valence-electron chi connectivity index (χ0n) is 14.0. The second-order valence-electron chi connectivity index (χ2n) is 7.27. The summed E-state index contributed by atoms with van der Waals surface area (Å²) in [5, 5.41) is 2.94. The van der Waals surface area contributed by atoms with Crippen molar-refractivity contribution in [3.8, 4) is 0 Å². The summed E-state index contributed by atoms with van der Waals surface area (Å²) in [6, 6.07) is 8.68. The Morgan fingerprint density at radius 3 is 2.60 bits per heavy atom. The van der Waals surface area contributed by atoms with Crippen LogP contribution in [0.15, 0.2) is 30.3 Å². The Balaban J connectivity index is 1.40. The summed E-state index contributed by atoms with van der Waals surface area (Å²) in [6.45, 7) is 1.67. The van der Waals surface area contributed by atoms with Gasteiger partial charge in [-0.3, -0.25) is 9.69 Å². The minimum Gasteiger partial charge on any atom is -0.459 e. The fourth-order valence-corrected chi connectivity index (χ4v) is 4.44. The molecule has 5 rings (SSSR count). The number of amides is 2. The quantitative estimate of drug-likeness (QED) is 0.816. The van der Waals surface area contributed by atoms with E-state index in [0.29, 0.717) is 19.3 Å². The Morgan fingerprint density at radius 1 is 1.28 bits per heavy atom. The summed E-state index contributed by atoms with van der Waals surface area (Å²) in [4.78, 5) is 37.4. The van der Waals surface area contributed by atoms with Gasteiger partial charge >= 0.3 is 12.1 Å². The number of hydrogen-bond donors (Lipinski definition) is 1. The molecule has 3 aliphatic carbocycles. The van der Waals surface area contributed by atoms with Crippen molar-refractivity contribution in [1.82, 2.24) is 10.2 Å². The molecular formula is C18H20N2O5. The van der Waals surface area contributed by atoms with Crippen LogP contribution in [0.4, 0.5) is 4.79 Å². The van der Waals surface area contributed by atoms with Crippen LogP contribution in [-0.4, -0.2) is 46.6 Å². The molecule has 0 aromatic heterocycles. The number of hydrogen-bond acceptors (Lipinski definition) is 5. The third-order valence-corrected chi connectivity index (χ3v) is 5.32. The monoisotopic (exact) mass is 344 g/mol. The van der Waals surface area contributed by atoms with E-state index in [9.17, 15) is 14.4 Å². The first-order chi connectivity index (χ1) is 11.9. The van der Waals surface area contributed by atoms with E-state index in [1.165, 1.54) is 11.8 Å². The van der Waals surface area contributed by atoms with Crippen LogP contribution in [0.5, 0.6) is 0 Å². The molecule has 4 fully saturated rings. The summed E-state index contributed by atoms with van der Waals surface area (Å²) in [6.07, 6.45) is 1.52. The van der Waals surface area contributed by atoms with Crippen LogP contribution in [0.25, 0.3) is 0 Å². The van der Waals surface area contributed by atoms with Crippen LogP contribution in [0.3, 0.4) is 0 Å². The van der Waals surface area contributed by atoms with E-state index in [0.717, 1.165) is 5.56 Å². The van der Waals surface area contributed by atoms with E-state index in [2.05, 4.69) is 5.32 Å². The highest BCUT2D eigenvalue weighted by Gasteiger charge is 2.74. The maximum atomic E-state index is 12.5. The van der Waals surface area contributed by atoms with Gasteiger partial charge in [0.15, 0.2) is 6.04 Å². The number of ether oxygens (including phenoxy) is 2. The average Bonchev–Trinajstić information content (AvgIpc) is 2.89. The van der Waals surface area contributed by atoms with E-state index in [1.807, 2.05) is 30.3 Å². The van der Waals surface area contributed by atoms with Gasteiger partial charge in [-0.25, -0.2) is 9.59 Å². The number of cyclic esters (lactones) is 1. The largest absolute Gasteiger partial charge is 0.459 e. The van der Waals surface area contributed by atoms with E-state index < -0.39 is 18.1 Å². The van der Waals surface area contributed by atoms with Crippen molar-refractivity contribution in [2.45, 2.75) is 49.9 Å². The lowest BCUT2D eigenvalue weighted by molar-refractivity contribution is -0.183. The molecule has 0 radical (unpaired) electrons. The Hall–Kier alpha value is -2.57. The molecule has 1 aromatic carbocycles. The van der Waals surface area contributed by atoms with Crippen molar-refractivity contribution in [2.75, 3.05) is 6.61 Å². The van der Waals surface area contributed by atoms with Gasteiger partial charge in [0.2, 0.25) is 5.91 Å². The smallest absolute Gasteiger partial charge is 0.411 e. The molecule has 4 aliphatic rings. The Bertz CT molecular complexity index is 712. The topological polar surface area (TPSA) is 84.9 Å². The molecule has 2 amide bonds. The van der Waals surface area contributed by atoms with Crippen molar-refractivity contribution in [2.24, 2.45) is 0 Å². The minimum atomic E-state index is -0.716. The van der Waals surface area contributed by atoms with Gasteiger partial charge in [0.1, 0.15) is 13.2 Å². The molecule has 1 unspecified atom stereocenters. The number of nitrogens with one attached hydrogen (secondary N) is 1. The third-order valence-electron chi connectivity index (χ3n) is 5.32. The van der Waals surface area contributed by atoms with Crippen molar-refractivity contribution in [3.63, 3.8) is 0 Å². The van der Waals surface area contributed by atoms with Crippen LogP contribution in [-0.2, 0) is 25.7 Å². The highest BCUT2D eigenvalue weighted by Crippen LogP contribution is 2.64. The molecule has 1 heterocycles. The zero-order chi connectivity index (χ0) is 17.7. The summed E-state index contributed by atoms with van der Waals surface area (Å²) < 4.78 is 10.5. The SMILES string of the molecule is CC(=O)NC12CC(N3C(=O)OCC3C(=O)OCc3ccccc3)(C1)C2. The molecule has 7 nitrogen and oxygen atoms in total. The minimum absolute atomic E-state index is 0.0152. The lowest BCUT2D eigenvalue weighted by Gasteiger charge is -2.72. The number of carbonyl (C=O) groups excluding carboxylic acids is 3. The summed E-state index contributed by atoms with van der Waals surface area (Å²) in [5.41, 5.74) is 0.294. The predicted molar refractivity (Wildman–Crippen MR) is 86.3 cm³/mol. The van der Waals surface area contributed by atoms with Gasteiger partial charge in [-0.1, -0.05) is 30.3 Å². The van der Waals surface area contributed by atoms with Crippen molar-refractivity contribution in [1.29, 1.82) is 0 Å². The first kappa shape index (κ1) is 15.9. The van der Waals surface area contributed by atoms with Crippen LogP contribution in [0, 0.1) is 0 Å². The standard InChI is InChI=1S/C18H20N2O5/c1-12(21)19-17-9-18(10-17,11-17)20-14(8-25-16(20)23)15(22)24-7-13-5-3-2-4-6-13/h2-6,14H,7-11H2,1H3,(H,19,21). The molecule has 1 saturated heterocycles. The number of benzene rings is 1. The fourth-order valence-electron chi connectivity index (χ4n) is 4.44. The fraction of sp³-hybridized carbons (Fsp3) is 0.500. The average molecular weight is 344 g/mol. The van der Waals surface area contributed by atoms with Gasteiger partial charge in [-0.05, 0) is 24.8 Å². The number of carbonyl (C=O) groups is 3. The molecule has 132 valence electrons. The molecule has 0 spiro atoms. The lowest BCUT2D eigenvalue weighted by atomic mass is 9.43. The molecule has 1 aromatic rings. The second kappa shape index (κ2) is 5.47. The number of nitrogens with zero attached hydrogens (tertiary/aromatic N) is 1. The van der Waals surface area contributed by atoms with Gasteiger partial charge in [0.05, 0.1) is 5.54 Å². The van der Waals surface area contributed by atoms with Gasteiger partial charge < -0.3 is 14.8 Å². The van der Waals surface area contributed by atoms with Gasteiger partial charge in [-0.15, -0.1) is 0 Å². The van der Waals surface area contributed by atoms with Crippen molar-refractivity contribution >= 4 is 18.0 Å². The highest BCUT2D eigenvalue weighted by atomic mass is 16.6. The summed E-state index contributed by atoms with van der Waals surface area (Å²) in [5.74, 6) is -0.524. The molecule has 25 heavy (non-hydrogen) atoms. The van der Waals surface area contributed by atoms with Crippen LogP contribution in [0.1, 0.15) is 31.7 Å². The molecule has 1 aliphatic heterocycles. The Kier molecular flexibility index (Phi) is 3.49. The van der Waals surface area contributed by atoms with Crippen molar-refractivity contribution < 1.29 is 23.9 Å². The predicted octanol–water partition coefficient (Wildman–Crippen LogP) is 1.36. The first-order valence-corrected chi connectivity index (χ1v) is 8.39. The maximum Gasteiger partial charge on any atom is 0.411 e. The van der Waals surface area contributed by atoms with Crippen LogP contribution < -0.4 is 5.32 Å². The molecule has 1 atom stereocenters. The molecule has 2 bridgehead atoms. The Labute approximate surface area is 145 Å². The lowest BCUT2D eigenvalue weighted by Crippen LogP contribution is -2.84. The molecular weight excluding hydrogens is 324 g/mol. The molecule has 7 heteroatoms. The van der Waals surface area contributed by atoms with Gasteiger partial charge in [0, 0.05) is 12.5 Å². The Morgan fingerprint density at radius 2 is 1.96 bits per heavy atom. The van der Waals surface area contributed by atoms with Gasteiger partial charge in [-0.2, -0.15) is 0 Å². The zero-order valence-corrected chi connectivity index (χ0v) is 14.0. The molecule has 1 N–H and O–H groups in total. The number of esters is 1. The normalized spacial score (nSPS) is 32.3. The van der Waals surface area contributed by atoms with Crippen LogP contribution >= 0.6 is 0 Å². The van der Waals surface area contributed by atoms with E-state index in [-0.39, 0.29) is 30.2 Å². The third kappa shape index (κ3) is 2.54. The molecule has 3 saturated carbocycles.